The second-order valence-electron chi connectivity index (χ2n) is 6.50. The molecule has 0 aromatic heterocycles. The first-order valence-corrected chi connectivity index (χ1v) is 8.49. The van der Waals surface area contributed by atoms with Gasteiger partial charge in [0, 0.05) is 6.54 Å². The van der Waals surface area contributed by atoms with Crippen LogP contribution in [-0.2, 0) is 22.6 Å². The molecule has 2 aromatic rings. The second-order valence-corrected chi connectivity index (χ2v) is 6.50. The van der Waals surface area contributed by atoms with Gasteiger partial charge in [0.2, 0.25) is 11.8 Å². The lowest BCUT2D eigenvalue weighted by Crippen LogP contribution is -2.51. The molecule has 0 saturated carbocycles. The van der Waals surface area contributed by atoms with Crippen molar-refractivity contribution in [1.82, 2.24) is 10.2 Å². The summed E-state index contributed by atoms with van der Waals surface area (Å²) in [5.41, 5.74) is 8.89. The van der Waals surface area contributed by atoms with Crippen molar-refractivity contribution in [2.24, 2.45) is 5.73 Å². The minimum Gasteiger partial charge on any atom is -0.368 e. The summed E-state index contributed by atoms with van der Waals surface area (Å²) in [6, 6.07) is 17.2. The number of amides is 2. The van der Waals surface area contributed by atoms with Gasteiger partial charge in [0.1, 0.15) is 0 Å². The van der Waals surface area contributed by atoms with Crippen molar-refractivity contribution < 1.29 is 9.59 Å². The molecule has 1 aliphatic rings. The molecule has 3 rings (SSSR count). The summed E-state index contributed by atoms with van der Waals surface area (Å²) in [6.07, 6.45) is 0.549. The molecule has 5 nitrogen and oxygen atoms in total. The quantitative estimate of drug-likeness (QED) is 0.873. The SMILES string of the molecule is C[C@H](NC(=O)CN1Cc2ccccc2C[C@@H]1C(N)=O)c1ccccc1. The van der Waals surface area contributed by atoms with Gasteiger partial charge in [0.05, 0.1) is 18.6 Å². The number of benzene rings is 2. The first kappa shape index (κ1) is 17.2. The highest BCUT2D eigenvalue weighted by molar-refractivity contribution is 5.83. The van der Waals surface area contributed by atoms with E-state index in [-0.39, 0.29) is 18.5 Å². The van der Waals surface area contributed by atoms with Gasteiger partial charge in [-0.1, -0.05) is 54.6 Å². The molecule has 0 radical (unpaired) electrons. The third kappa shape index (κ3) is 4.06. The fourth-order valence-corrected chi connectivity index (χ4v) is 3.32. The van der Waals surface area contributed by atoms with E-state index in [1.165, 1.54) is 0 Å². The van der Waals surface area contributed by atoms with Crippen LogP contribution in [0.5, 0.6) is 0 Å². The summed E-state index contributed by atoms with van der Waals surface area (Å²) < 4.78 is 0. The fraction of sp³-hybridized carbons (Fsp3) is 0.300. The first-order chi connectivity index (χ1) is 12.0. The van der Waals surface area contributed by atoms with Gasteiger partial charge in [-0.25, -0.2) is 0 Å². The number of hydrogen-bond acceptors (Lipinski definition) is 3. The molecule has 2 atom stereocenters. The third-order valence-electron chi connectivity index (χ3n) is 4.70. The van der Waals surface area contributed by atoms with E-state index in [0.717, 1.165) is 16.7 Å². The van der Waals surface area contributed by atoms with E-state index in [4.69, 9.17) is 5.73 Å². The number of primary amides is 1. The van der Waals surface area contributed by atoms with Gasteiger partial charge < -0.3 is 11.1 Å². The maximum Gasteiger partial charge on any atom is 0.235 e. The highest BCUT2D eigenvalue weighted by Crippen LogP contribution is 2.23. The Morgan fingerprint density at radius 1 is 1.12 bits per heavy atom. The Labute approximate surface area is 147 Å². The summed E-state index contributed by atoms with van der Waals surface area (Å²) >= 11 is 0. The second kappa shape index (κ2) is 7.49. The van der Waals surface area contributed by atoms with Crippen LogP contribution in [0.4, 0.5) is 0 Å². The minimum absolute atomic E-state index is 0.0854. The third-order valence-corrected chi connectivity index (χ3v) is 4.70. The van der Waals surface area contributed by atoms with Crippen molar-refractivity contribution in [3.8, 4) is 0 Å². The van der Waals surface area contributed by atoms with E-state index in [1.807, 2.05) is 66.4 Å². The van der Waals surface area contributed by atoms with Gasteiger partial charge in [0.25, 0.3) is 0 Å². The number of nitrogens with zero attached hydrogens (tertiary/aromatic N) is 1. The zero-order chi connectivity index (χ0) is 17.8. The predicted molar refractivity (Wildman–Crippen MR) is 96.5 cm³/mol. The lowest BCUT2D eigenvalue weighted by atomic mass is 9.93. The average Bonchev–Trinajstić information content (AvgIpc) is 2.61. The highest BCUT2D eigenvalue weighted by atomic mass is 16.2. The molecule has 0 bridgehead atoms. The lowest BCUT2D eigenvalue weighted by Gasteiger charge is -2.34. The molecule has 1 heterocycles. The number of carbonyl (C=O) groups is 2. The van der Waals surface area contributed by atoms with Crippen LogP contribution in [0.3, 0.4) is 0 Å². The molecule has 1 aliphatic heterocycles. The van der Waals surface area contributed by atoms with E-state index in [1.54, 1.807) is 0 Å². The summed E-state index contributed by atoms with van der Waals surface area (Å²) in [5, 5.41) is 2.99. The van der Waals surface area contributed by atoms with Crippen LogP contribution in [-0.4, -0.2) is 29.3 Å². The average molecular weight is 337 g/mol. The van der Waals surface area contributed by atoms with E-state index >= 15 is 0 Å². The lowest BCUT2D eigenvalue weighted by molar-refractivity contribution is -0.127. The number of nitrogens with one attached hydrogen (secondary N) is 1. The van der Waals surface area contributed by atoms with Gasteiger partial charge in [-0.2, -0.15) is 0 Å². The topological polar surface area (TPSA) is 75.4 Å². The van der Waals surface area contributed by atoms with Crippen molar-refractivity contribution in [1.29, 1.82) is 0 Å². The molecule has 0 aliphatic carbocycles. The first-order valence-electron chi connectivity index (χ1n) is 8.49. The van der Waals surface area contributed by atoms with Gasteiger partial charge in [-0.15, -0.1) is 0 Å². The fourth-order valence-electron chi connectivity index (χ4n) is 3.32. The van der Waals surface area contributed by atoms with Gasteiger partial charge in [-0.05, 0) is 30.0 Å². The summed E-state index contributed by atoms with van der Waals surface area (Å²) in [7, 11) is 0. The number of hydrogen-bond donors (Lipinski definition) is 2. The molecular weight excluding hydrogens is 314 g/mol. The van der Waals surface area contributed by atoms with Crippen molar-refractivity contribution in [3.63, 3.8) is 0 Å². The summed E-state index contributed by atoms with van der Waals surface area (Å²) in [6.45, 7) is 2.65. The zero-order valence-electron chi connectivity index (χ0n) is 14.3. The van der Waals surface area contributed by atoms with Crippen LogP contribution in [0.2, 0.25) is 0 Å². The number of carbonyl (C=O) groups excluding carboxylic acids is 2. The highest BCUT2D eigenvalue weighted by Gasteiger charge is 2.31. The summed E-state index contributed by atoms with van der Waals surface area (Å²) in [5.74, 6) is -0.500. The van der Waals surface area contributed by atoms with Crippen LogP contribution >= 0.6 is 0 Å². The van der Waals surface area contributed by atoms with Gasteiger partial charge >= 0.3 is 0 Å². The molecule has 0 unspecified atom stereocenters. The van der Waals surface area contributed by atoms with Crippen LogP contribution in [0.1, 0.15) is 29.7 Å². The van der Waals surface area contributed by atoms with E-state index in [0.29, 0.717) is 13.0 Å². The number of fused-ring (bicyclic) bond motifs is 1. The molecule has 5 heteroatoms. The molecule has 2 aromatic carbocycles. The van der Waals surface area contributed by atoms with Crippen LogP contribution in [0.15, 0.2) is 54.6 Å². The minimum atomic E-state index is -0.451. The zero-order valence-corrected chi connectivity index (χ0v) is 14.3. The Bertz CT molecular complexity index is 761. The van der Waals surface area contributed by atoms with Gasteiger partial charge in [-0.3, -0.25) is 14.5 Å². The Morgan fingerprint density at radius 2 is 1.76 bits per heavy atom. The molecule has 2 amide bonds. The molecule has 3 N–H and O–H groups in total. The molecule has 0 spiro atoms. The van der Waals surface area contributed by atoms with Crippen LogP contribution < -0.4 is 11.1 Å². The Kier molecular flexibility index (Phi) is 5.14. The van der Waals surface area contributed by atoms with Crippen molar-refractivity contribution in [3.05, 3.63) is 71.3 Å². The normalized spacial score (nSPS) is 18.2. The van der Waals surface area contributed by atoms with E-state index in [2.05, 4.69) is 5.32 Å². The van der Waals surface area contributed by atoms with Gasteiger partial charge in [0.15, 0.2) is 0 Å². The Hall–Kier alpha value is -2.66. The molecule has 130 valence electrons. The summed E-state index contributed by atoms with van der Waals surface area (Å²) in [4.78, 5) is 26.2. The van der Waals surface area contributed by atoms with Crippen LogP contribution in [0, 0.1) is 0 Å². The monoisotopic (exact) mass is 337 g/mol. The molecule has 25 heavy (non-hydrogen) atoms. The molecular formula is C20H23N3O2. The van der Waals surface area contributed by atoms with Crippen molar-refractivity contribution in [2.75, 3.05) is 6.54 Å². The van der Waals surface area contributed by atoms with Crippen molar-refractivity contribution in [2.45, 2.75) is 32.0 Å². The maximum absolute atomic E-state index is 12.5. The standard InChI is InChI=1S/C20H23N3O2/c1-14(15-7-3-2-4-8-15)22-19(24)13-23-12-17-10-6-5-9-16(17)11-18(23)20(21)25/h2-10,14,18H,11-13H2,1H3,(H2,21,25)(H,22,24)/t14-,18+/m0/s1. The largest absolute Gasteiger partial charge is 0.368 e. The molecule has 0 fully saturated rings. The maximum atomic E-state index is 12.5. The Balaban J connectivity index is 1.68. The Morgan fingerprint density at radius 3 is 2.44 bits per heavy atom. The van der Waals surface area contributed by atoms with Crippen molar-refractivity contribution >= 4 is 11.8 Å². The predicted octanol–water partition coefficient (Wildman–Crippen LogP) is 1.78. The van der Waals surface area contributed by atoms with Crippen LogP contribution in [0.25, 0.3) is 0 Å². The number of nitrogens with two attached hydrogens (primary N) is 1. The number of rotatable bonds is 5. The smallest absolute Gasteiger partial charge is 0.235 e. The van der Waals surface area contributed by atoms with E-state index in [9.17, 15) is 9.59 Å². The van der Waals surface area contributed by atoms with E-state index < -0.39 is 11.9 Å². The molecule has 0 saturated heterocycles.